The van der Waals surface area contributed by atoms with E-state index < -0.39 is 0 Å². The Hall–Kier alpha value is -4.11. The lowest BCUT2D eigenvalue weighted by Crippen LogP contribution is -2.34. The lowest BCUT2D eigenvalue weighted by molar-refractivity contribution is -0.662. The van der Waals surface area contributed by atoms with E-state index in [1.54, 1.807) is 0 Å². The molecule has 0 aliphatic heterocycles. The maximum atomic E-state index is 4.69. The highest BCUT2D eigenvalue weighted by Gasteiger charge is 2.14. The third-order valence-corrected chi connectivity index (χ3v) is 6.36. The Morgan fingerprint density at radius 3 is 2.61 bits per heavy atom. The van der Waals surface area contributed by atoms with Gasteiger partial charge in [0.1, 0.15) is 0 Å². The molecule has 3 aromatic carbocycles. The molecule has 0 atom stereocenters. The second kappa shape index (κ2) is 8.10. The van der Waals surface area contributed by atoms with E-state index >= 15 is 0 Å². The van der Waals surface area contributed by atoms with E-state index in [0.717, 1.165) is 24.0 Å². The maximum Gasteiger partial charge on any atom is 0.213 e. The molecular weight excluding hydrogens is 402 g/mol. The van der Waals surface area contributed by atoms with Crippen molar-refractivity contribution in [2.45, 2.75) is 19.9 Å². The fourth-order valence-electron chi connectivity index (χ4n) is 4.75. The van der Waals surface area contributed by atoms with Crippen LogP contribution in [0.4, 0.5) is 0 Å². The Labute approximate surface area is 193 Å². The van der Waals surface area contributed by atoms with Crippen molar-refractivity contribution in [2.24, 2.45) is 0 Å². The van der Waals surface area contributed by atoms with Crippen molar-refractivity contribution in [1.29, 1.82) is 0 Å². The van der Waals surface area contributed by atoms with Crippen molar-refractivity contribution < 1.29 is 4.57 Å². The molecule has 0 saturated heterocycles. The molecule has 6 rings (SSSR count). The molecule has 0 radical (unpaired) electrons. The van der Waals surface area contributed by atoms with Crippen molar-refractivity contribution in [3.8, 4) is 0 Å². The second-order valence-electron chi connectivity index (χ2n) is 8.69. The first-order valence-electron chi connectivity index (χ1n) is 11.3. The summed E-state index contributed by atoms with van der Waals surface area (Å²) in [5.41, 5.74) is 8.37. The van der Waals surface area contributed by atoms with Crippen LogP contribution in [0.1, 0.15) is 22.3 Å². The van der Waals surface area contributed by atoms with Gasteiger partial charge in [-0.15, -0.1) is 0 Å². The van der Waals surface area contributed by atoms with Gasteiger partial charge in [0.15, 0.2) is 12.7 Å². The molecule has 0 amide bonds. The van der Waals surface area contributed by atoms with Crippen LogP contribution in [0.15, 0.2) is 104 Å². The Morgan fingerprint density at radius 2 is 1.64 bits per heavy atom. The summed E-state index contributed by atoms with van der Waals surface area (Å²) in [6, 6.07) is 30.2. The van der Waals surface area contributed by atoms with Gasteiger partial charge in [0, 0.05) is 46.2 Å². The second-order valence-corrected chi connectivity index (χ2v) is 8.69. The number of hydrogen-bond acceptors (Lipinski definition) is 2. The van der Waals surface area contributed by atoms with Crippen molar-refractivity contribution >= 4 is 32.7 Å². The van der Waals surface area contributed by atoms with Crippen molar-refractivity contribution in [1.82, 2.24) is 9.97 Å². The van der Waals surface area contributed by atoms with Gasteiger partial charge in [-0.1, -0.05) is 48.0 Å². The fraction of sp³-hybridized carbons (Fsp3) is 0.100. The van der Waals surface area contributed by atoms with E-state index in [9.17, 15) is 0 Å². The number of pyridine rings is 3. The van der Waals surface area contributed by atoms with Gasteiger partial charge < -0.3 is 0 Å². The number of aromatic nitrogens is 3. The molecule has 33 heavy (non-hydrogen) atoms. The van der Waals surface area contributed by atoms with Gasteiger partial charge in [0.2, 0.25) is 5.52 Å². The summed E-state index contributed by atoms with van der Waals surface area (Å²) < 4.78 is 2.32. The van der Waals surface area contributed by atoms with E-state index in [-0.39, 0.29) is 0 Å². The molecule has 0 aliphatic carbocycles. The van der Waals surface area contributed by atoms with Crippen molar-refractivity contribution in [3.05, 3.63) is 126 Å². The standard InChI is InChI=1S/C30H24N3/c1-21-12-13-28-26(16-21)18-22(19-32-28)17-24-7-3-11-29-27(24)10-5-15-33(29)20-25-8-2-6-23-9-4-14-31-30(23)25/h2-16,18-19H,17,20H2,1H3/q+1. The zero-order valence-corrected chi connectivity index (χ0v) is 18.6. The van der Waals surface area contributed by atoms with Gasteiger partial charge in [-0.2, -0.15) is 4.57 Å². The summed E-state index contributed by atoms with van der Waals surface area (Å²) in [7, 11) is 0. The summed E-state index contributed by atoms with van der Waals surface area (Å²) in [5, 5.41) is 3.65. The number of rotatable bonds is 4. The average Bonchev–Trinajstić information content (AvgIpc) is 2.84. The zero-order chi connectivity index (χ0) is 22.2. The first-order valence-corrected chi connectivity index (χ1v) is 11.3. The normalized spacial score (nSPS) is 11.4. The third kappa shape index (κ3) is 3.72. The molecule has 0 N–H and O–H groups in total. The average molecular weight is 427 g/mol. The topological polar surface area (TPSA) is 29.7 Å². The molecular formula is C30H24N3+. The quantitative estimate of drug-likeness (QED) is 0.316. The Morgan fingerprint density at radius 1 is 0.758 bits per heavy atom. The summed E-state index contributed by atoms with van der Waals surface area (Å²) >= 11 is 0. The highest BCUT2D eigenvalue weighted by molar-refractivity contribution is 5.83. The molecule has 0 fully saturated rings. The van der Waals surface area contributed by atoms with E-state index in [4.69, 9.17) is 0 Å². The lowest BCUT2D eigenvalue weighted by Gasteiger charge is -2.09. The van der Waals surface area contributed by atoms with Crippen LogP contribution in [0.3, 0.4) is 0 Å². The molecule has 3 heterocycles. The van der Waals surface area contributed by atoms with E-state index in [0.29, 0.717) is 0 Å². The highest BCUT2D eigenvalue weighted by Crippen LogP contribution is 2.22. The molecule has 0 saturated carbocycles. The number of fused-ring (bicyclic) bond motifs is 3. The summed E-state index contributed by atoms with van der Waals surface area (Å²) in [5.74, 6) is 0. The molecule has 3 nitrogen and oxygen atoms in total. The van der Waals surface area contributed by atoms with Gasteiger partial charge in [0.25, 0.3) is 0 Å². The number of para-hydroxylation sites is 1. The van der Waals surface area contributed by atoms with E-state index in [2.05, 4.69) is 107 Å². The minimum Gasteiger partial charge on any atom is -0.256 e. The fourth-order valence-corrected chi connectivity index (χ4v) is 4.75. The summed E-state index contributed by atoms with van der Waals surface area (Å²) in [6.45, 7) is 2.91. The zero-order valence-electron chi connectivity index (χ0n) is 18.6. The molecule has 158 valence electrons. The Kier molecular flexibility index (Phi) is 4.80. The van der Waals surface area contributed by atoms with Crippen LogP contribution in [0.5, 0.6) is 0 Å². The van der Waals surface area contributed by atoms with Gasteiger partial charge in [-0.3, -0.25) is 9.97 Å². The van der Waals surface area contributed by atoms with Crippen LogP contribution >= 0.6 is 0 Å². The molecule has 3 heteroatoms. The largest absolute Gasteiger partial charge is 0.256 e. The predicted molar refractivity (Wildman–Crippen MR) is 134 cm³/mol. The smallest absolute Gasteiger partial charge is 0.213 e. The van der Waals surface area contributed by atoms with Gasteiger partial charge in [-0.05, 0) is 54.8 Å². The first kappa shape index (κ1) is 19.6. The van der Waals surface area contributed by atoms with Gasteiger partial charge >= 0.3 is 0 Å². The number of hydrogen-bond donors (Lipinski definition) is 0. The van der Waals surface area contributed by atoms with Crippen molar-refractivity contribution in [2.75, 3.05) is 0 Å². The molecule has 0 unspecified atom stereocenters. The minimum atomic E-state index is 0.784. The van der Waals surface area contributed by atoms with Crippen LogP contribution < -0.4 is 4.57 Å². The van der Waals surface area contributed by atoms with Gasteiger partial charge in [0.05, 0.1) is 11.0 Å². The summed E-state index contributed by atoms with van der Waals surface area (Å²) in [6.07, 6.45) is 6.90. The predicted octanol–water partition coefficient (Wildman–Crippen LogP) is 6.17. The first-order chi connectivity index (χ1) is 16.2. The molecule has 6 aromatic rings. The summed E-state index contributed by atoms with van der Waals surface area (Å²) in [4.78, 5) is 9.33. The number of aryl methyl sites for hydroxylation is 1. The lowest BCUT2D eigenvalue weighted by atomic mass is 10.00. The van der Waals surface area contributed by atoms with E-state index in [1.165, 1.54) is 43.9 Å². The molecule has 0 aliphatic rings. The number of benzene rings is 3. The van der Waals surface area contributed by atoms with Crippen LogP contribution in [-0.2, 0) is 13.0 Å². The third-order valence-electron chi connectivity index (χ3n) is 6.36. The monoisotopic (exact) mass is 426 g/mol. The van der Waals surface area contributed by atoms with Crippen LogP contribution in [0.2, 0.25) is 0 Å². The number of nitrogens with zero attached hydrogens (tertiary/aromatic N) is 3. The highest BCUT2D eigenvalue weighted by atomic mass is 14.9. The Bertz CT molecular complexity index is 1630. The van der Waals surface area contributed by atoms with Crippen LogP contribution in [0, 0.1) is 6.92 Å². The Balaban J connectivity index is 1.40. The van der Waals surface area contributed by atoms with E-state index in [1.807, 2.05) is 18.5 Å². The van der Waals surface area contributed by atoms with Crippen LogP contribution in [0.25, 0.3) is 32.7 Å². The molecule has 0 bridgehead atoms. The molecule has 3 aromatic heterocycles. The van der Waals surface area contributed by atoms with Gasteiger partial charge in [-0.25, -0.2) is 0 Å². The van der Waals surface area contributed by atoms with Crippen LogP contribution in [-0.4, -0.2) is 9.97 Å². The molecule has 0 spiro atoms. The maximum absolute atomic E-state index is 4.69. The minimum absolute atomic E-state index is 0.784. The SMILES string of the molecule is Cc1ccc2ncc(Cc3cccc4c3ccc[n+]4Cc3cccc4cccnc34)cc2c1. The van der Waals surface area contributed by atoms with Crippen molar-refractivity contribution in [3.63, 3.8) is 0 Å².